The summed E-state index contributed by atoms with van der Waals surface area (Å²) in [5.74, 6) is -0.811. The van der Waals surface area contributed by atoms with Crippen molar-refractivity contribution in [2.75, 3.05) is 6.54 Å². The summed E-state index contributed by atoms with van der Waals surface area (Å²) < 4.78 is 27.0. The van der Waals surface area contributed by atoms with Gasteiger partial charge >= 0.3 is 0 Å². The SMILES string of the molecule is C=N/C=C\C=NCC1=NC=C(C2CC2c2cc(C)c(F)c(F)c2)CC1. The van der Waals surface area contributed by atoms with Gasteiger partial charge in [-0.2, -0.15) is 0 Å². The second-order valence-corrected chi connectivity index (χ2v) is 6.50. The molecule has 1 saturated carbocycles. The van der Waals surface area contributed by atoms with E-state index in [4.69, 9.17) is 0 Å². The van der Waals surface area contributed by atoms with Gasteiger partial charge in [0.1, 0.15) is 0 Å². The summed E-state index contributed by atoms with van der Waals surface area (Å²) >= 11 is 0. The molecule has 0 radical (unpaired) electrons. The third-order valence-corrected chi connectivity index (χ3v) is 4.70. The van der Waals surface area contributed by atoms with Crippen molar-refractivity contribution in [3.05, 3.63) is 58.9 Å². The standard InChI is InChI=1S/C20H21F2N3/c1-13-8-15(9-19(21)20(13)22)18-10-17(18)14-4-5-16(25-11-14)12-24-7-3-6-23-2/h3,6-9,11,17-18H,2,4-5,10,12H2,1H3/b6-3-,24-7?. The fraction of sp³-hybridized carbons (Fsp3) is 0.350. The summed E-state index contributed by atoms with van der Waals surface area (Å²) in [6.07, 6.45) is 9.78. The van der Waals surface area contributed by atoms with E-state index in [1.54, 1.807) is 31.5 Å². The quantitative estimate of drug-likeness (QED) is 0.668. The fourth-order valence-electron chi connectivity index (χ4n) is 3.25. The highest BCUT2D eigenvalue weighted by Crippen LogP contribution is 2.53. The van der Waals surface area contributed by atoms with Crippen LogP contribution in [0.1, 0.15) is 36.3 Å². The van der Waals surface area contributed by atoms with Crippen molar-refractivity contribution in [1.29, 1.82) is 0 Å². The summed E-state index contributed by atoms with van der Waals surface area (Å²) in [7, 11) is 0. The van der Waals surface area contributed by atoms with E-state index < -0.39 is 11.6 Å². The molecule has 0 N–H and O–H groups in total. The minimum atomic E-state index is -0.753. The Morgan fingerprint density at radius 3 is 2.80 bits per heavy atom. The monoisotopic (exact) mass is 341 g/mol. The predicted molar refractivity (Wildman–Crippen MR) is 98.7 cm³/mol. The van der Waals surface area contributed by atoms with Crippen molar-refractivity contribution in [2.24, 2.45) is 20.9 Å². The average Bonchev–Trinajstić information content (AvgIpc) is 3.40. The van der Waals surface area contributed by atoms with Crippen molar-refractivity contribution < 1.29 is 8.78 Å². The number of benzene rings is 1. The topological polar surface area (TPSA) is 37.1 Å². The maximum Gasteiger partial charge on any atom is 0.161 e. The summed E-state index contributed by atoms with van der Waals surface area (Å²) in [6.45, 7) is 5.54. The largest absolute Gasteiger partial charge is 0.287 e. The normalized spacial score (nSPS) is 23.0. The van der Waals surface area contributed by atoms with Crippen LogP contribution in [-0.2, 0) is 0 Å². The number of halogens is 2. The smallest absolute Gasteiger partial charge is 0.161 e. The molecule has 0 amide bonds. The maximum atomic E-state index is 13.6. The minimum absolute atomic E-state index is 0.284. The lowest BCUT2D eigenvalue weighted by Crippen LogP contribution is -2.08. The Bertz CT molecular complexity index is 767. The first kappa shape index (κ1) is 17.4. The second kappa shape index (κ2) is 7.64. The Morgan fingerprint density at radius 1 is 1.28 bits per heavy atom. The molecule has 3 rings (SSSR count). The molecule has 1 fully saturated rings. The van der Waals surface area contributed by atoms with E-state index in [0.717, 1.165) is 30.5 Å². The first-order chi connectivity index (χ1) is 12.1. The van der Waals surface area contributed by atoms with Crippen molar-refractivity contribution >= 4 is 18.6 Å². The summed E-state index contributed by atoms with van der Waals surface area (Å²) in [6, 6.07) is 3.10. The van der Waals surface area contributed by atoms with Crippen molar-refractivity contribution in [3.63, 3.8) is 0 Å². The molecule has 0 aromatic heterocycles. The van der Waals surface area contributed by atoms with E-state index in [1.807, 2.05) is 6.20 Å². The van der Waals surface area contributed by atoms with Gasteiger partial charge in [0.25, 0.3) is 0 Å². The van der Waals surface area contributed by atoms with Gasteiger partial charge in [-0.05, 0) is 73.6 Å². The van der Waals surface area contributed by atoms with Crippen molar-refractivity contribution in [1.82, 2.24) is 0 Å². The Labute approximate surface area is 146 Å². The molecule has 1 heterocycles. The Kier molecular flexibility index (Phi) is 5.31. The first-order valence-electron chi connectivity index (χ1n) is 8.41. The molecule has 1 aromatic carbocycles. The molecule has 1 aromatic rings. The van der Waals surface area contributed by atoms with Crippen LogP contribution >= 0.6 is 0 Å². The van der Waals surface area contributed by atoms with Gasteiger partial charge in [0.05, 0.1) is 6.54 Å². The van der Waals surface area contributed by atoms with Gasteiger partial charge < -0.3 is 0 Å². The van der Waals surface area contributed by atoms with Crippen LogP contribution in [-0.4, -0.2) is 25.2 Å². The molecule has 3 nitrogen and oxygen atoms in total. The zero-order valence-electron chi connectivity index (χ0n) is 14.3. The molecule has 2 unspecified atom stereocenters. The molecular formula is C20H21F2N3. The lowest BCUT2D eigenvalue weighted by Gasteiger charge is -2.13. The second-order valence-electron chi connectivity index (χ2n) is 6.50. The molecule has 1 aliphatic heterocycles. The van der Waals surface area contributed by atoms with Gasteiger partial charge in [-0.15, -0.1) is 0 Å². The summed E-state index contributed by atoms with van der Waals surface area (Å²) in [5, 5.41) is 0. The van der Waals surface area contributed by atoms with E-state index in [1.165, 1.54) is 11.6 Å². The van der Waals surface area contributed by atoms with E-state index in [0.29, 0.717) is 18.0 Å². The molecule has 0 bridgehead atoms. The molecule has 130 valence electrons. The molecule has 25 heavy (non-hydrogen) atoms. The Balaban J connectivity index is 1.61. The molecular weight excluding hydrogens is 320 g/mol. The van der Waals surface area contributed by atoms with Crippen LogP contribution in [0.15, 0.2) is 51.2 Å². The van der Waals surface area contributed by atoms with Gasteiger partial charge in [0, 0.05) is 24.3 Å². The molecule has 0 spiro atoms. The van der Waals surface area contributed by atoms with E-state index in [9.17, 15) is 8.78 Å². The maximum absolute atomic E-state index is 13.6. The number of hydrogen-bond acceptors (Lipinski definition) is 3. The molecule has 2 aliphatic rings. The zero-order chi connectivity index (χ0) is 17.8. The Hall–Kier alpha value is -2.43. The summed E-state index contributed by atoms with van der Waals surface area (Å²) in [4.78, 5) is 12.4. The van der Waals surface area contributed by atoms with Gasteiger partial charge in [0.2, 0.25) is 0 Å². The van der Waals surface area contributed by atoms with Gasteiger partial charge in [-0.25, -0.2) is 8.78 Å². The van der Waals surface area contributed by atoms with Crippen LogP contribution in [0.25, 0.3) is 0 Å². The van der Waals surface area contributed by atoms with E-state index in [-0.39, 0.29) is 5.92 Å². The van der Waals surface area contributed by atoms with Crippen LogP contribution in [0.2, 0.25) is 0 Å². The zero-order valence-corrected chi connectivity index (χ0v) is 14.3. The molecule has 0 saturated heterocycles. The summed E-state index contributed by atoms with van der Waals surface area (Å²) in [5.41, 5.74) is 3.62. The van der Waals surface area contributed by atoms with Gasteiger partial charge in [-0.1, -0.05) is 6.07 Å². The van der Waals surface area contributed by atoms with Crippen molar-refractivity contribution in [3.8, 4) is 0 Å². The van der Waals surface area contributed by atoms with E-state index >= 15 is 0 Å². The fourth-order valence-corrected chi connectivity index (χ4v) is 3.25. The first-order valence-corrected chi connectivity index (χ1v) is 8.41. The highest BCUT2D eigenvalue weighted by molar-refractivity contribution is 5.89. The number of allylic oxidation sites excluding steroid dienone is 2. The third-order valence-electron chi connectivity index (χ3n) is 4.70. The number of rotatable bonds is 6. The van der Waals surface area contributed by atoms with Gasteiger partial charge in [-0.3, -0.25) is 15.0 Å². The number of nitrogens with zero attached hydrogens (tertiary/aromatic N) is 3. The lowest BCUT2D eigenvalue weighted by atomic mass is 9.98. The highest BCUT2D eigenvalue weighted by atomic mass is 19.2. The van der Waals surface area contributed by atoms with Crippen LogP contribution in [0.3, 0.4) is 0 Å². The molecule has 2 atom stereocenters. The van der Waals surface area contributed by atoms with Gasteiger partial charge in [0.15, 0.2) is 11.6 Å². The predicted octanol–water partition coefficient (Wildman–Crippen LogP) is 4.78. The highest BCUT2D eigenvalue weighted by Gasteiger charge is 2.41. The molecule has 1 aliphatic carbocycles. The van der Waals surface area contributed by atoms with Crippen LogP contribution in [0.4, 0.5) is 8.78 Å². The van der Waals surface area contributed by atoms with E-state index in [2.05, 4.69) is 21.7 Å². The minimum Gasteiger partial charge on any atom is -0.287 e. The van der Waals surface area contributed by atoms with Crippen molar-refractivity contribution in [2.45, 2.75) is 32.1 Å². The van der Waals surface area contributed by atoms with Crippen LogP contribution in [0.5, 0.6) is 0 Å². The lowest BCUT2D eigenvalue weighted by molar-refractivity contribution is 0.501. The number of aryl methyl sites for hydroxylation is 1. The number of aliphatic imine (C=N–C) groups is 3. The van der Waals surface area contributed by atoms with Crippen LogP contribution in [0, 0.1) is 24.5 Å². The number of hydrogen-bond donors (Lipinski definition) is 0. The third kappa shape index (κ3) is 4.16. The molecule has 5 heteroatoms. The van der Waals surface area contributed by atoms with Crippen LogP contribution < -0.4 is 0 Å². The average molecular weight is 341 g/mol. The Morgan fingerprint density at radius 2 is 2.12 bits per heavy atom.